The summed E-state index contributed by atoms with van der Waals surface area (Å²) in [6.07, 6.45) is 3.94. The summed E-state index contributed by atoms with van der Waals surface area (Å²) in [6, 6.07) is 12.0. The van der Waals surface area contributed by atoms with Crippen LogP contribution >= 0.6 is 0 Å². The smallest absolute Gasteiger partial charge is 0.305 e. The third-order valence-corrected chi connectivity index (χ3v) is 4.65. The molecule has 0 saturated carbocycles. The number of aromatic hydroxyl groups is 1. The quantitative estimate of drug-likeness (QED) is 0.392. The van der Waals surface area contributed by atoms with E-state index in [9.17, 15) is 14.7 Å². The van der Waals surface area contributed by atoms with Crippen molar-refractivity contribution in [1.82, 2.24) is 20.3 Å². The number of hydrogen-bond donors (Lipinski definition) is 2. The van der Waals surface area contributed by atoms with E-state index in [-0.39, 0.29) is 17.6 Å². The van der Waals surface area contributed by atoms with Crippen molar-refractivity contribution >= 4 is 22.9 Å². The highest BCUT2D eigenvalue weighted by Gasteiger charge is 2.13. The fourth-order valence-electron chi connectivity index (χ4n) is 2.97. The molecule has 158 valence electrons. The van der Waals surface area contributed by atoms with Crippen LogP contribution in [0.3, 0.4) is 0 Å². The van der Waals surface area contributed by atoms with Gasteiger partial charge in [0.2, 0.25) is 0 Å². The van der Waals surface area contributed by atoms with Gasteiger partial charge >= 0.3 is 5.97 Å². The minimum Gasteiger partial charge on any atom is -0.506 e. The minimum atomic E-state index is -0.218. The van der Waals surface area contributed by atoms with Gasteiger partial charge in [-0.25, -0.2) is 0 Å². The Kier molecular flexibility index (Phi) is 7.37. The van der Waals surface area contributed by atoms with Crippen molar-refractivity contribution in [2.45, 2.75) is 39.0 Å². The number of unbranched alkanes of at least 4 members (excludes halogenated alkanes) is 3. The van der Waals surface area contributed by atoms with Gasteiger partial charge in [-0.1, -0.05) is 25.5 Å². The molecule has 1 amide bonds. The van der Waals surface area contributed by atoms with Crippen molar-refractivity contribution in [3.8, 4) is 11.4 Å². The lowest BCUT2D eigenvalue weighted by molar-refractivity contribution is -0.143. The van der Waals surface area contributed by atoms with Gasteiger partial charge in [0.25, 0.3) is 5.91 Å². The van der Waals surface area contributed by atoms with E-state index in [0.29, 0.717) is 41.9 Å². The third-order valence-electron chi connectivity index (χ3n) is 4.65. The lowest BCUT2D eigenvalue weighted by Gasteiger charge is -2.08. The van der Waals surface area contributed by atoms with Gasteiger partial charge in [0, 0.05) is 18.5 Å². The summed E-state index contributed by atoms with van der Waals surface area (Å²) in [6.45, 7) is 2.77. The summed E-state index contributed by atoms with van der Waals surface area (Å²) in [7, 11) is 0. The number of esters is 1. The third kappa shape index (κ3) is 5.56. The van der Waals surface area contributed by atoms with Gasteiger partial charge in [-0.05, 0) is 49.6 Å². The van der Waals surface area contributed by atoms with Crippen LogP contribution in [0.5, 0.6) is 5.75 Å². The maximum atomic E-state index is 12.5. The van der Waals surface area contributed by atoms with E-state index in [1.807, 2.05) is 24.3 Å². The van der Waals surface area contributed by atoms with Gasteiger partial charge in [-0.2, -0.15) is 0 Å². The molecule has 0 spiro atoms. The van der Waals surface area contributed by atoms with Crippen molar-refractivity contribution in [3.05, 3.63) is 48.0 Å². The Labute approximate surface area is 174 Å². The van der Waals surface area contributed by atoms with Crippen LogP contribution in [0.15, 0.2) is 42.5 Å². The van der Waals surface area contributed by atoms with Crippen LogP contribution in [-0.4, -0.2) is 45.1 Å². The highest BCUT2D eigenvalue weighted by molar-refractivity contribution is 5.95. The number of amides is 1. The number of phenols is 1. The second-order valence-corrected chi connectivity index (χ2v) is 6.93. The van der Waals surface area contributed by atoms with Gasteiger partial charge in [0.1, 0.15) is 22.5 Å². The van der Waals surface area contributed by atoms with E-state index in [1.165, 1.54) is 10.9 Å². The molecule has 3 aromatic rings. The standard InChI is InChI=1S/C22H26N4O4/c1-2-21(28)30-14-8-4-3-7-13-23-22(29)16-11-12-20(27)19(15-16)26-24-17-9-5-6-10-18(17)25-26/h5-6,9-12,15,27H,2-4,7-8,13-14H2,1H3,(H,23,29). The first kappa shape index (κ1) is 21.3. The van der Waals surface area contributed by atoms with Crippen LogP contribution in [0.25, 0.3) is 16.7 Å². The van der Waals surface area contributed by atoms with E-state index in [0.717, 1.165) is 25.7 Å². The fourth-order valence-corrected chi connectivity index (χ4v) is 2.97. The number of ether oxygens (including phenoxy) is 1. The molecule has 0 aliphatic rings. The molecule has 1 aromatic heterocycles. The van der Waals surface area contributed by atoms with E-state index < -0.39 is 0 Å². The molecule has 0 aliphatic heterocycles. The first-order chi connectivity index (χ1) is 14.6. The molecule has 1 heterocycles. The van der Waals surface area contributed by atoms with E-state index in [2.05, 4.69) is 15.5 Å². The second kappa shape index (κ2) is 10.4. The molecular formula is C22H26N4O4. The molecule has 0 saturated heterocycles. The van der Waals surface area contributed by atoms with Gasteiger partial charge in [0.15, 0.2) is 0 Å². The molecule has 0 bridgehead atoms. The van der Waals surface area contributed by atoms with Gasteiger partial charge in [0.05, 0.1) is 6.61 Å². The van der Waals surface area contributed by atoms with E-state index in [4.69, 9.17) is 4.74 Å². The summed E-state index contributed by atoms with van der Waals surface area (Å²) in [4.78, 5) is 24.8. The predicted molar refractivity (Wildman–Crippen MR) is 113 cm³/mol. The Morgan fingerprint density at radius 2 is 1.73 bits per heavy atom. The van der Waals surface area contributed by atoms with E-state index in [1.54, 1.807) is 19.1 Å². The van der Waals surface area contributed by atoms with E-state index >= 15 is 0 Å². The molecular weight excluding hydrogens is 384 g/mol. The zero-order valence-corrected chi connectivity index (χ0v) is 17.0. The van der Waals surface area contributed by atoms with Crippen LogP contribution in [-0.2, 0) is 9.53 Å². The number of carbonyl (C=O) groups excluding carboxylic acids is 2. The Morgan fingerprint density at radius 1 is 1.03 bits per heavy atom. The molecule has 30 heavy (non-hydrogen) atoms. The predicted octanol–water partition coefficient (Wildman–Crippen LogP) is 3.37. The van der Waals surface area contributed by atoms with Crippen LogP contribution in [0.4, 0.5) is 0 Å². The molecule has 2 N–H and O–H groups in total. The lowest BCUT2D eigenvalue weighted by atomic mass is 10.1. The molecule has 3 rings (SSSR count). The highest BCUT2D eigenvalue weighted by atomic mass is 16.5. The van der Waals surface area contributed by atoms with Crippen LogP contribution in [0.2, 0.25) is 0 Å². The molecule has 0 aliphatic carbocycles. The first-order valence-corrected chi connectivity index (χ1v) is 10.2. The molecule has 8 nitrogen and oxygen atoms in total. The Balaban J connectivity index is 1.49. The number of fused-ring (bicyclic) bond motifs is 1. The van der Waals surface area contributed by atoms with Gasteiger partial charge < -0.3 is 15.2 Å². The molecule has 0 radical (unpaired) electrons. The Bertz CT molecular complexity index is 982. The van der Waals surface area contributed by atoms with Crippen LogP contribution < -0.4 is 5.32 Å². The summed E-state index contributed by atoms with van der Waals surface area (Å²) in [5.74, 6) is -0.394. The van der Waals surface area contributed by atoms with Crippen molar-refractivity contribution in [3.63, 3.8) is 0 Å². The van der Waals surface area contributed by atoms with Crippen molar-refractivity contribution in [1.29, 1.82) is 0 Å². The number of nitrogens with zero attached hydrogens (tertiary/aromatic N) is 3. The topological polar surface area (TPSA) is 106 Å². The monoisotopic (exact) mass is 410 g/mol. The summed E-state index contributed by atoms with van der Waals surface area (Å²) < 4.78 is 5.03. The molecule has 2 aromatic carbocycles. The summed E-state index contributed by atoms with van der Waals surface area (Å²) >= 11 is 0. The SMILES string of the molecule is CCC(=O)OCCCCCCNC(=O)c1ccc(O)c(-n2nc3ccccc3n2)c1. The maximum absolute atomic E-state index is 12.5. The zero-order valence-electron chi connectivity index (χ0n) is 17.0. The van der Waals surface area contributed by atoms with Gasteiger partial charge in [-0.3, -0.25) is 9.59 Å². The highest BCUT2D eigenvalue weighted by Crippen LogP contribution is 2.23. The number of benzene rings is 2. The fraction of sp³-hybridized carbons (Fsp3) is 0.364. The zero-order chi connectivity index (χ0) is 21.3. The summed E-state index contributed by atoms with van der Waals surface area (Å²) in [5.41, 5.74) is 2.18. The Hall–Kier alpha value is -3.42. The average molecular weight is 410 g/mol. The van der Waals surface area contributed by atoms with Crippen molar-refractivity contribution in [2.75, 3.05) is 13.2 Å². The van der Waals surface area contributed by atoms with Crippen molar-refractivity contribution in [2.24, 2.45) is 0 Å². The largest absolute Gasteiger partial charge is 0.506 e. The molecule has 0 fully saturated rings. The molecule has 8 heteroatoms. The average Bonchev–Trinajstić information content (AvgIpc) is 3.19. The Morgan fingerprint density at radius 3 is 2.43 bits per heavy atom. The summed E-state index contributed by atoms with van der Waals surface area (Å²) in [5, 5.41) is 21.8. The molecule has 0 unspecified atom stereocenters. The molecule has 0 atom stereocenters. The second-order valence-electron chi connectivity index (χ2n) is 6.93. The number of nitrogens with one attached hydrogen (secondary N) is 1. The normalized spacial score (nSPS) is 10.8. The van der Waals surface area contributed by atoms with Crippen LogP contribution in [0, 0.1) is 0 Å². The van der Waals surface area contributed by atoms with Gasteiger partial charge in [-0.15, -0.1) is 15.0 Å². The maximum Gasteiger partial charge on any atom is 0.305 e. The minimum absolute atomic E-state index is 0.00405. The van der Waals surface area contributed by atoms with Crippen molar-refractivity contribution < 1.29 is 19.4 Å². The number of hydrogen-bond acceptors (Lipinski definition) is 6. The number of carbonyl (C=O) groups is 2. The number of aromatic nitrogens is 3. The van der Waals surface area contributed by atoms with Crippen LogP contribution in [0.1, 0.15) is 49.4 Å². The lowest BCUT2D eigenvalue weighted by Crippen LogP contribution is -2.24. The number of rotatable bonds is 10. The first-order valence-electron chi connectivity index (χ1n) is 10.2. The number of phenolic OH excluding ortho intramolecular Hbond substituents is 1.